The molecule has 0 atom stereocenters. The monoisotopic (exact) mass is 547 g/mol. The van der Waals surface area contributed by atoms with E-state index in [0.29, 0.717) is 47.0 Å². The number of nitrogens with one attached hydrogen (secondary N) is 1. The van der Waals surface area contributed by atoms with Gasteiger partial charge in [-0.25, -0.2) is 9.59 Å². The summed E-state index contributed by atoms with van der Waals surface area (Å²) in [4.78, 5) is 28.7. The van der Waals surface area contributed by atoms with Crippen molar-refractivity contribution < 1.29 is 28.5 Å². The van der Waals surface area contributed by atoms with Gasteiger partial charge in [-0.3, -0.25) is 0 Å². The molecule has 0 aliphatic carbocycles. The van der Waals surface area contributed by atoms with E-state index in [1.807, 2.05) is 109 Å². The first-order chi connectivity index (χ1) is 20.1. The van der Waals surface area contributed by atoms with Gasteiger partial charge in [-0.1, -0.05) is 84.9 Å². The summed E-state index contributed by atoms with van der Waals surface area (Å²) in [5.41, 5.74) is 4.82. The first kappa shape index (κ1) is 27.3. The third kappa shape index (κ3) is 6.31. The molecule has 1 heterocycles. The Morgan fingerprint density at radius 3 is 1.24 bits per heavy atom. The molecule has 0 saturated carbocycles. The molecule has 0 unspecified atom stereocenters. The van der Waals surface area contributed by atoms with Crippen LogP contribution in [0.25, 0.3) is 22.3 Å². The smallest absolute Gasteiger partial charge is 0.355 e. The Kier molecular flexibility index (Phi) is 8.45. The van der Waals surface area contributed by atoms with Crippen molar-refractivity contribution in [1.82, 2.24) is 4.98 Å². The lowest BCUT2D eigenvalue weighted by atomic mass is 9.94. The maximum Gasteiger partial charge on any atom is 0.355 e. The molecule has 0 bridgehead atoms. The van der Waals surface area contributed by atoms with Gasteiger partial charge in [0.2, 0.25) is 0 Å². The molecule has 0 aliphatic heterocycles. The lowest BCUT2D eigenvalue weighted by Gasteiger charge is -2.12. The van der Waals surface area contributed by atoms with Crippen LogP contribution in [0.1, 0.15) is 32.1 Å². The zero-order valence-corrected chi connectivity index (χ0v) is 22.8. The van der Waals surface area contributed by atoms with Crippen molar-refractivity contribution in [2.45, 2.75) is 13.2 Å². The van der Waals surface area contributed by atoms with Gasteiger partial charge < -0.3 is 23.9 Å². The molecule has 4 aromatic carbocycles. The second-order valence-electron chi connectivity index (χ2n) is 9.21. The topological polar surface area (TPSA) is 86.9 Å². The SMILES string of the molecule is COC(=O)c1[nH]c(C(=O)OC)c(-c2ccc(OCc3ccccc3)cc2)c1-c1ccc(OCc2ccccc2)cc1. The Balaban J connectivity index is 1.49. The molecule has 0 saturated heterocycles. The highest BCUT2D eigenvalue weighted by Gasteiger charge is 2.28. The summed E-state index contributed by atoms with van der Waals surface area (Å²) in [6, 6.07) is 34.4. The highest BCUT2D eigenvalue weighted by atomic mass is 16.5. The molecular formula is C34H29NO6. The van der Waals surface area contributed by atoms with E-state index in [9.17, 15) is 9.59 Å². The summed E-state index contributed by atoms with van der Waals surface area (Å²) >= 11 is 0. The van der Waals surface area contributed by atoms with Gasteiger partial charge in [0.25, 0.3) is 0 Å². The third-order valence-electron chi connectivity index (χ3n) is 6.56. The van der Waals surface area contributed by atoms with Gasteiger partial charge in [0.05, 0.1) is 14.2 Å². The second-order valence-corrected chi connectivity index (χ2v) is 9.21. The number of carbonyl (C=O) groups is 2. The normalized spacial score (nSPS) is 10.6. The molecule has 5 aromatic rings. The zero-order valence-electron chi connectivity index (χ0n) is 22.8. The van der Waals surface area contributed by atoms with Crippen molar-refractivity contribution in [3.8, 4) is 33.8 Å². The maximum absolute atomic E-state index is 12.9. The molecule has 7 nitrogen and oxygen atoms in total. The van der Waals surface area contributed by atoms with E-state index < -0.39 is 11.9 Å². The van der Waals surface area contributed by atoms with Crippen LogP contribution in [0.4, 0.5) is 0 Å². The minimum atomic E-state index is -0.608. The summed E-state index contributed by atoms with van der Waals surface area (Å²) in [7, 11) is 2.59. The molecule has 1 N–H and O–H groups in total. The molecule has 41 heavy (non-hydrogen) atoms. The number of hydrogen-bond acceptors (Lipinski definition) is 6. The van der Waals surface area contributed by atoms with E-state index in [-0.39, 0.29) is 11.4 Å². The van der Waals surface area contributed by atoms with Crippen molar-refractivity contribution in [3.63, 3.8) is 0 Å². The van der Waals surface area contributed by atoms with E-state index in [1.54, 1.807) is 0 Å². The van der Waals surface area contributed by atoms with Gasteiger partial charge in [0.15, 0.2) is 0 Å². The summed E-state index contributed by atoms with van der Waals surface area (Å²) < 4.78 is 22.0. The fourth-order valence-corrected chi connectivity index (χ4v) is 4.51. The molecule has 1 aromatic heterocycles. The molecule has 7 heteroatoms. The Labute approximate surface area is 238 Å². The van der Waals surface area contributed by atoms with Crippen LogP contribution >= 0.6 is 0 Å². The standard InChI is InChI=1S/C34H29NO6/c1-38-33(36)31-29(25-13-17-27(18-14-25)40-21-23-9-5-3-6-10-23)30(32(35-31)34(37)39-2)26-15-19-28(20-16-26)41-22-24-11-7-4-8-12-24/h3-20,35H,21-22H2,1-2H3. The summed E-state index contributed by atoms with van der Waals surface area (Å²) in [6.45, 7) is 0.850. The molecule has 0 amide bonds. The van der Waals surface area contributed by atoms with Gasteiger partial charge in [0.1, 0.15) is 36.1 Å². The minimum absolute atomic E-state index is 0.144. The highest BCUT2D eigenvalue weighted by Crippen LogP contribution is 2.40. The van der Waals surface area contributed by atoms with Gasteiger partial charge >= 0.3 is 11.9 Å². The number of carbonyl (C=O) groups excluding carboxylic acids is 2. The molecule has 206 valence electrons. The van der Waals surface area contributed by atoms with Crippen molar-refractivity contribution in [2.75, 3.05) is 14.2 Å². The number of aromatic amines is 1. The van der Waals surface area contributed by atoms with Crippen LogP contribution in [0.15, 0.2) is 109 Å². The van der Waals surface area contributed by atoms with Gasteiger partial charge in [-0.05, 0) is 46.5 Å². The average Bonchev–Trinajstić information content (AvgIpc) is 3.44. The van der Waals surface area contributed by atoms with Gasteiger partial charge in [-0.15, -0.1) is 0 Å². The van der Waals surface area contributed by atoms with Crippen LogP contribution in [0.5, 0.6) is 11.5 Å². The number of benzene rings is 4. The predicted molar refractivity (Wildman–Crippen MR) is 156 cm³/mol. The van der Waals surface area contributed by atoms with Crippen molar-refractivity contribution in [3.05, 3.63) is 132 Å². The fourth-order valence-electron chi connectivity index (χ4n) is 4.51. The van der Waals surface area contributed by atoms with Gasteiger partial charge in [0, 0.05) is 11.1 Å². The van der Waals surface area contributed by atoms with Gasteiger partial charge in [-0.2, -0.15) is 0 Å². The molecule has 0 fully saturated rings. The highest BCUT2D eigenvalue weighted by molar-refractivity contribution is 6.08. The molecule has 0 spiro atoms. The number of methoxy groups -OCH3 is 2. The quantitative estimate of drug-likeness (QED) is 0.188. The van der Waals surface area contributed by atoms with Crippen LogP contribution in [0.2, 0.25) is 0 Å². The van der Waals surface area contributed by atoms with E-state index in [4.69, 9.17) is 18.9 Å². The fraction of sp³-hybridized carbons (Fsp3) is 0.118. The number of rotatable bonds is 10. The lowest BCUT2D eigenvalue weighted by Crippen LogP contribution is -2.06. The molecule has 0 aliphatic rings. The number of H-pyrrole nitrogens is 1. The van der Waals surface area contributed by atoms with E-state index in [1.165, 1.54) is 14.2 Å². The van der Waals surface area contributed by atoms with Crippen LogP contribution in [-0.4, -0.2) is 31.1 Å². The van der Waals surface area contributed by atoms with E-state index >= 15 is 0 Å². The van der Waals surface area contributed by atoms with Crippen LogP contribution in [0, 0.1) is 0 Å². The van der Waals surface area contributed by atoms with Crippen LogP contribution < -0.4 is 9.47 Å². The summed E-state index contributed by atoms with van der Waals surface area (Å²) in [5, 5.41) is 0. The van der Waals surface area contributed by atoms with Crippen LogP contribution in [0.3, 0.4) is 0 Å². The van der Waals surface area contributed by atoms with Crippen molar-refractivity contribution >= 4 is 11.9 Å². The average molecular weight is 548 g/mol. The molecule has 0 radical (unpaired) electrons. The molecular weight excluding hydrogens is 518 g/mol. The third-order valence-corrected chi connectivity index (χ3v) is 6.56. The number of aromatic nitrogens is 1. The van der Waals surface area contributed by atoms with Crippen molar-refractivity contribution in [1.29, 1.82) is 0 Å². The summed E-state index contributed by atoms with van der Waals surface area (Å²) in [5.74, 6) is 0.122. The number of ether oxygens (including phenoxy) is 4. The molecule has 5 rings (SSSR count). The Hall–Kier alpha value is -5.30. The second kappa shape index (κ2) is 12.7. The Morgan fingerprint density at radius 2 is 0.902 bits per heavy atom. The van der Waals surface area contributed by atoms with E-state index in [2.05, 4.69) is 4.98 Å². The first-order valence-corrected chi connectivity index (χ1v) is 13.0. The first-order valence-electron chi connectivity index (χ1n) is 13.0. The van der Waals surface area contributed by atoms with E-state index in [0.717, 1.165) is 11.1 Å². The largest absolute Gasteiger partial charge is 0.489 e. The zero-order chi connectivity index (χ0) is 28.6. The maximum atomic E-state index is 12.9. The Bertz CT molecular complexity index is 1490. The van der Waals surface area contributed by atoms with Crippen LogP contribution in [-0.2, 0) is 22.7 Å². The number of hydrogen-bond donors (Lipinski definition) is 1. The predicted octanol–water partition coefficient (Wildman–Crippen LogP) is 7.08. The number of esters is 2. The minimum Gasteiger partial charge on any atom is -0.489 e. The Morgan fingerprint density at radius 1 is 0.537 bits per heavy atom. The van der Waals surface area contributed by atoms with Crippen molar-refractivity contribution in [2.24, 2.45) is 0 Å². The summed E-state index contributed by atoms with van der Waals surface area (Å²) in [6.07, 6.45) is 0. The lowest BCUT2D eigenvalue weighted by molar-refractivity contribution is 0.0591.